The molecule has 1 aromatic carbocycles. The molecule has 2 amide bonds. The highest BCUT2D eigenvalue weighted by Gasteiger charge is 2.33. The van der Waals surface area contributed by atoms with Crippen molar-refractivity contribution >= 4 is 11.8 Å². The van der Waals surface area contributed by atoms with Crippen molar-refractivity contribution in [2.45, 2.75) is 38.3 Å². The number of carbonyl (C=O) groups is 2. The molecular weight excluding hydrogens is 318 g/mol. The molecule has 1 aliphatic carbocycles. The summed E-state index contributed by atoms with van der Waals surface area (Å²) in [4.78, 5) is 24.0. The molecule has 1 atom stereocenters. The van der Waals surface area contributed by atoms with Crippen LogP contribution in [0.5, 0.6) is 0 Å². The van der Waals surface area contributed by atoms with Gasteiger partial charge in [-0.1, -0.05) is 17.9 Å². The average Bonchev–Trinajstić information content (AvgIpc) is 3.39. The monoisotopic (exact) mass is 341 g/mol. The van der Waals surface area contributed by atoms with Gasteiger partial charge in [-0.25, -0.2) is 5.48 Å². The van der Waals surface area contributed by atoms with Gasteiger partial charge >= 0.3 is 0 Å². The first kappa shape index (κ1) is 18.7. The van der Waals surface area contributed by atoms with E-state index in [9.17, 15) is 9.59 Å². The van der Waals surface area contributed by atoms with Gasteiger partial charge in [0, 0.05) is 16.7 Å². The van der Waals surface area contributed by atoms with E-state index in [1.54, 1.807) is 38.1 Å². The topological polar surface area (TPSA) is 104 Å². The van der Waals surface area contributed by atoms with Crippen molar-refractivity contribution in [2.24, 2.45) is 11.7 Å². The minimum atomic E-state index is -1.07. The fourth-order valence-corrected chi connectivity index (χ4v) is 2.17. The molecule has 0 bridgehead atoms. The molecule has 0 saturated heterocycles. The highest BCUT2D eigenvalue weighted by atomic mass is 16.5. The number of hydrogen-bond acceptors (Lipinski definition) is 4. The summed E-state index contributed by atoms with van der Waals surface area (Å²) in [7, 11) is 0. The van der Waals surface area contributed by atoms with E-state index in [-0.39, 0.29) is 0 Å². The molecule has 0 radical (unpaired) electrons. The van der Waals surface area contributed by atoms with Gasteiger partial charge in [0.2, 0.25) is 0 Å². The number of benzene rings is 1. The third kappa shape index (κ3) is 5.75. The van der Waals surface area contributed by atoms with Crippen molar-refractivity contribution in [3.8, 4) is 11.8 Å². The molecule has 0 heterocycles. The summed E-state index contributed by atoms with van der Waals surface area (Å²) in [6.07, 6.45) is 6.46. The first-order valence-electron chi connectivity index (χ1n) is 8.13. The quantitative estimate of drug-likeness (QED) is 0.368. The molecule has 132 valence electrons. The molecular formula is C19H23N3O3. The number of hydroxylamine groups is 1. The molecule has 5 N–H and O–H groups in total. The molecule has 1 saturated carbocycles. The van der Waals surface area contributed by atoms with Gasteiger partial charge < -0.3 is 11.1 Å². The zero-order chi connectivity index (χ0) is 18.4. The molecule has 1 aromatic rings. The first-order chi connectivity index (χ1) is 11.8. The lowest BCUT2D eigenvalue weighted by molar-refractivity contribution is -0.132. The van der Waals surface area contributed by atoms with E-state index in [0.29, 0.717) is 11.5 Å². The normalized spacial score (nSPS) is 15.2. The largest absolute Gasteiger partial charge is 0.338 e. The van der Waals surface area contributed by atoms with Gasteiger partial charge in [-0.2, -0.15) is 0 Å². The second-order valence-corrected chi connectivity index (χ2v) is 6.75. The Morgan fingerprint density at radius 1 is 1.32 bits per heavy atom. The Labute approximate surface area is 147 Å². The first-order valence-corrected chi connectivity index (χ1v) is 8.13. The minimum absolute atomic E-state index is 0.374. The van der Waals surface area contributed by atoms with Crippen LogP contribution >= 0.6 is 0 Å². The lowest BCUT2D eigenvalue weighted by atomic mass is 9.95. The van der Waals surface area contributed by atoms with E-state index < -0.39 is 23.4 Å². The Morgan fingerprint density at radius 3 is 2.48 bits per heavy atom. The predicted octanol–water partition coefficient (Wildman–Crippen LogP) is 1.35. The Balaban J connectivity index is 2.02. The van der Waals surface area contributed by atoms with Crippen molar-refractivity contribution in [3.05, 3.63) is 47.5 Å². The SMILES string of the molecule is CC(C)(N)C(NC(=O)c1ccc(C#CC=CC2CC2)cc1)C(=O)NO. The zero-order valence-electron chi connectivity index (χ0n) is 14.4. The van der Waals surface area contributed by atoms with Gasteiger partial charge in [-0.15, -0.1) is 0 Å². The van der Waals surface area contributed by atoms with Gasteiger partial charge in [0.1, 0.15) is 6.04 Å². The minimum Gasteiger partial charge on any atom is -0.338 e. The van der Waals surface area contributed by atoms with Crippen molar-refractivity contribution in [3.63, 3.8) is 0 Å². The second kappa shape index (κ2) is 7.97. The lowest BCUT2D eigenvalue weighted by Crippen LogP contribution is -2.61. The molecule has 6 nitrogen and oxygen atoms in total. The highest BCUT2D eigenvalue weighted by Crippen LogP contribution is 2.29. The van der Waals surface area contributed by atoms with Gasteiger partial charge in [-0.05, 0) is 62.9 Å². The maximum atomic E-state index is 12.3. The molecule has 1 fully saturated rings. The van der Waals surface area contributed by atoms with E-state index in [1.165, 1.54) is 18.3 Å². The number of nitrogens with one attached hydrogen (secondary N) is 2. The fourth-order valence-electron chi connectivity index (χ4n) is 2.17. The van der Waals surface area contributed by atoms with E-state index in [4.69, 9.17) is 10.9 Å². The molecule has 0 aromatic heterocycles. The molecule has 2 rings (SSSR count). The van der Waals surface area contributed by atoms with E-state index in [2.05, 4.69) is 23.2 Å². The van der Waals surface area contributed by atoms with Gasteiger partial charge in [0.05, 0.1) is 0 Å². The van der Waals surface area contributed by atoms with Crippen LogP contribution < -0.4 is 16.5 Å². The van der Waals surface area contributed by atoms with Crippen LogP contribution in [-0.2, 0) is 4.79 Å². The molecule has 6 heteroatoms. The van der Waals surface area contributed by atoms with E-state index in [0.717, 1.165) is 5.56 Å². The van der Waals surface area contributed by atoms with Crippen molar-refractivity contribution < 1.29 is 14.8 Å². The predicted molar refractivity (Wildman–Crippen MR) is 94.6 cm³/mol. The summed E-state index contributed by atoms with van der Waals surface area (Å²) in [6.45, 7) is 3.17. The summed E-state index contributed by atoms with van der Waals surface area (Å²) in [5.74, 6) is 5.43. The third-order valence-corrected chi connectivity index (χ3v) is 3.83. The molecule has 1 unspecified atom stereocenters. The number of amides is 2. The average molecular weight is 341 g/mol. The van der Waals surface area contributed by atoms with Crippen molar-refractivity contribution in [2.75, 3.05) is 0 Å². The Morgan fingerprint density at radius 2 is 1.96 bits per heavy atom. The molecule has 0 spiro atoms. The summed E-state index contributed by atoms with van der Waals surface area (Å²) in [6, 6.07) is 5.66. The van der Waals surface area contributed by atoms with Crippen LogP contribution in [0.1, 0.15) is 42.6 Å². The third-order valence-electron chi connectivity index (χ3n) is 3.83. The van der Waals surface area contributed by atoms with Crippen molar-refractivity contribution in [1.82, 2.24) is 10.8 Å². The second-order valence-electron chi connectivity index (χ2n) is 6.75. The summed E-state index contributed by atoms with van der Waals surface area (Å²) < 4.78 is 0. The van der Waals surface area contributed by atoms with E-state index in [1.807, 2.05) is 6.08 Å². The molecule has 25 heavy (non-hydrogen) atoms. The van der Waals surface area contributed by atoms with Crippen molar-refractivity contribution in [1.29, 1.82) is 0 Å². The molecule has 0 aliphatic heterocycles. The van der Waals surface area contributed by atoms with Crippen LogP contribution in [0.25, 0.3) is 0 Å². The standard InChI is InChI=1S/C19H23N3O3/c1-19(2,20)16(18(24)22-25)21-17(23)15-11-9-14(10-12-15)6-4-3-5-13-7-8-13/h3,5,9-13,16,25H,7-8,20H2,1-2H3,(H,21,23)(H,22,24). The van der Waals surface area contributed by atoms with Crippen LogP contribution in [0.15, 0.2) is 36.4 Å². The van der Waals surface area contributed by atoms with Crippen LogP contribution in [0.2, 0.25) is 0 Å². The number of allylic oxidation sites excluding steroid dienone is 2. The maximum absolute atomic E-state index is 12.3. The summed E-state index contributed by atoms with van der Waals surface area (Å²) in [5, 5.41) is 11.3. The van der Waals surface area contributed by atoms with Gasteiger partial charge in [0.15, 0.2) is 0 Å². The number of hydrogen-bond donors (Lipinski definition) is 4. The van der Waals surface area contributed by atoms with Crippen LogP contribution in [0.4, 0.5) is 0 Å². The summed E-state index contributed by atoms with van der Waals surface area (Å²) in [5.41, 5.74) is 7.54. The maximum Gasteiger partial charge on any atom is 0.267 e. The number of carbonyl (C=O) groups excluding carboxylic acids is 2. The number of nitrogens with two attached hydrogens (primary N) is 1. The number of rotatable bonds is 5. The van der Waals surface area contributed by atoms with Crippen LogP contribution in [0.3, 0.4) is 0 Å². The smallest absolute Gasteiger partial charge is 0.267 e. The Hall–Kier alpha value is -2.62. The summed E-state index contributed by atoms with van der Waals surface area (Å²) >= 11 is 0. The zero-order valence-corrected chi connectivity index (χ0v) is 14.4. The van der Waals surface area contributed by atoms with Gasteiger partial charge in [0.25, 0.3) is 11.8 Å². The van der Waals surface area contributed by atoms with Gasteiger partial charge in [-0.3, -0.25) is 14.8 Å². The Kier molecular flexibility index (Phi) is 5.97. The molecule has 1 aliphatic rings. The highest BCUT2D eigenvalue weighted by molar-refractivity contribution is 5.97. The fraction of sp³-hybridized carbons (Fsp3) is 0.368. The Bertz CT molecular complexity index is 717. The lowest BCUT2D eigenvalue weighted by Gasteiger charge is -2.29. The van der Waals surface area contributed by atoms with Crippen LogP contribution in [0, 0.1) is 17.8 Å². The van der Waals surface area contributed by atoms with E-state index >= 15 is 0 Å². The van der Waals surface area contributed by atoms with Crippen LogP contribution in [-0.4, -0.2) is 28.6 Å².